The minimum absolute atomic E-state index is 0.0937. The van der Waals surface area contributed by atoms with E-state index in [4.69, 9.17) is 4.74 Å². The van der Waals surface area contributed by atoms with Gasteiger partial charge in [0, 0.05) is 23.7 Å². The van der Waals surface area contributed by atoms with Gasteiger partial charge in [0.1, 0.15) is 23.7 Å². The van der Waals surface area contributed by atoms with Crippen molar-refractivity contribution in [2.24, 2.45) is 10.8 Å². The molecular weight excluding hydrogens is 446 g/mol. The van der Waals surface area contributed by atoms with Crippen molar-refractivity contribution in [2.45, 2.75) is 54.7 Å². The van der Waals surface area contributed by atoms with Gasteiger partial charge >= 0.3 is 0 Å². The molecule has 0 saturated carbocycles. The Morgan fingerprint density at radius 2 is 1.90 bits per heavy atom. The van der Waals surface area contributed by atoms with Gasteiger partial charge in [-0.3, -0.25) is 4.79 Å². The number of hydrogen-bond acceptors (Lipinski definition) is 5. The highest BCUT2D eigenvalue weighted by Crippen LogP contribution is 2.33. The Morgan fingerprint density at radius 1 is 1.17 bits per heavy atom. The number of ether oxygens (including phenoxy) is 1. The lowest BCUT2D eigenvalue weighted by molar-refractivity contribution is -0.123. The maximum atomic E-state index is 12.3. The van der Waals surface area contributed by atoms with Gasteiger partial charge in [-0.1, -0.05) is 52.8 Å². The molecule has 3 rings (SSSR count). The third-order valence-corrected chi connectivity index (χ3v) is 5.17. The molecule has 0 saturated heterocycles. The van der Waals surface area contributed by atoms with E-state index in [0.717, 1.165) is 27.6 Å². The summed E-state index contributed by atoms with van der Waals surface area (Å²) in [6.07, 6.45) is 1.65. The molecule has 1 N–H and O–H groups in total. The molecule has 0 radical (unpaired) electrons. The molecule has 0 unspecified atom stereocenters. The Morgan fingerprint density at radius 3 is 2.57 bits per heavy atom. The zero-order valence-corrected chi connectivity index (χ0v) is 19.9. The van der Waals surface area contributed by atoms with Crippen LogP contribution in [0.2, 0.25) is 0 Å². The van der Waals surface area contributed by atoms with E-state index in [-0.39, 0.29) is 17.9 Å². The Labute approximate surface area is 185 Å². The van der Waals surface area contributed by atoms with Crippen molar-refractivity contribution < 1.29 is 9.53 Å². The highest BCUT2D eigenvalue weighted by Gasteiger charge is 2.23. The fourth-order valence-electron chi connectivity index (χ4n) is 2.78. The zero-order chi connectivity index (χ0) is 22.1. The van der Waals surface area contributed by atoms with E-state index < -0.39 is 5.41 Å². The van der Waals surface area contributed by atoms with Gasteiger partial charge < -0.3 is 10.1 Å². The minimum Gasteiger partial charge on any atom is -0.487 e. The Balaban J connectivity index is 1.80. The lowest BCUT2D eigenvalue weighted by Gasteiger charge is -2.19. The summed E-state index contributed by atoms with van der Waals surface area (Å²) in [6.45, 7) is 13.1. The number of benzene rings is 1. The molecule has 2 aromatic heterocycles. The zero-order valence-electron chi connectivity index (χ0n) is 18.3. The van der Waals surface area contributed by atoms with Crippen LogP contribution in [0.1, 0.15) is 47.1 Å². The molecule has 3 aromatic rings. The van der Waals surface area contributed by atoms with E-state index in [1.807, 2.05) is 49.7 Å². The monoisotopic (exact) mass is 473 g/mol. The number of halogens is 1. The molecule has 1 amide bonds. The van der Waals surface area contributed by atoms with Crippen molar-refractivity contribution in [3.05, 3.63) is 40.5 Å². The Bertz CT molecular complexity index is 1060. The molecule has 0 bridgehead atoms. The largest absolute Gasteiger partial charge is 0.487 e. The van der Waals surface area contributed by atoms with Crippen molar-refractivity contribution in [3.8, 4) is 5.75 Å². The highest BCUT2D eigenvalue weighted by molar-refractivity contribution is 9.10. The van der Waals surface area contributed by atoms with E-state index >= 15 is 0 Å². The lowest BCUT2D eigenvalue weighted by Crippen LogP contribution is -2.28. The van der Waals surface area contributed by atoms with Crippen LogP contribution in [-0.4, -0.2) is 25.9 Å². The van der Waals surface area contributed by atoms with Gasteiger partial charge in [-0.05, 0) is 39.5 Å². The molecule has 8 heteroatoms. The number of rotatable bonds is 5. The summed E-state index contributed by atoms with van der Waals surface area (Å²) >= 11 is 3.61. The molecule has 0 atom stereocenters. The first-order chi connectivity index (χ1) is 14.0. The molecule has 0 aliphatic carbocycles. The Kier molecular flexibility index (Phi) is 6.17. The van der Waals surface area contributed by atoms with Crippen LogP contribution in [0.15, 0.2) is 34.9 Å². The van der Waals surface area contributed by atoms with Gasteiger partial charge in [0.2, 0.25) is 5.91 Å². The van der Waals surface area contributed by atoms with E-state index in [9.17, 15) is 4.79 Å². The molecule has 1 aromatic carbocycles. The van der Waals surface area contributed by atoms with E-state index in [2.05, 4.69) is 57.3 Å². The number of anilines is 1. The third-order valence-electron chi connectivity index (χ3n) is 4.40. The van der Waals surface area contributed by atoms with Gasteiger partial charge in [0.05, 0.1) is 9.99 Å². The molecule has 0 spiro atoms. The van der Waals surface area contributed by atoms with Crippen LogP contribution in [-0.2, 0) is 17.9 Å². The smallest absolute Gasteiger partial charge is 0.230 e. The van der Waals surface area contributed by atoms with Crippen molar-refractivity contribution in [2.75, 3.05) is 5.32 Å². The molecule has 0 aliphatic rings. The van der Waals surface area contributed by atoms with Gasteiger partial charge in [0.25, 0.3) is 0 Å². The first kappa shape index (κ1) is 22.2. The maximum absolute atomic E-state index is 12.3. The normalized spacial score (nSPS) is 12.2. The molecule has 0 aliphatic heterocycles. The van der Waals surface area contributed by atoms with Crippen molar-refractivity contribution in [1.82, 2.24) is 20.0 Å². The van der Waals surface area contributed by atoms with Gasteiger partial charge in [0.15, 0.2) is 0 Å². The number of fused-ring (bicyclic) bond motifs is 1. The van der Waals surface area contributed by atoms with E-state index in [1.54, 1.807) is 6.20 Å². The number of carbonyl (C=O) groups excluding carboxylic acids is 1. The van der Waals surface area contributed by atoms with Crippen LogP contribution in [0.3, 0.4) is 0 Å². The second-order valence-corrected chi connectivity index (χ2v) is 10.4. The summed E-state index contributed by atoms with van der Waals surface area (Å²) < 4.78 is 8.70. The Hall–Kier alpha value is -2.48. The van der Waals surface area contributed by atoms with E-state index in [1.165, 1.54) is 0 Å². The van der Waals surface area contributed by atoms with Gasteiger partial charge in [-0.2, -0.15) is 0 Å². The number of amides is 1. The van der Waals surface area contributed by atoms with Crippen LogP contribution in [0.4, 0.5) is 5.82 Å². The number of hydrogen-bond donors (Lipinski definition) is 1. The predicted octanol–water partition coefficient (Wildman–Crippen LogP) is 5.20. The van der Waals surface area contributed by atoms with Crippen LogP contribution in [0.25, 0.3) is 11.0 Å². The quantitative estimate of drug-likeness (QED) is 0.550. The van der Waals surface area contributed by atoms with Crippen molar-refractivity contribution in [3.63, 3.8) is 0 Å². The standard InChI is InChI=1S/C22H28BrN5O2/c1-21(2,3)13-28-15-9-10-16(17(23)18(15)26-27-28)30-12-14-8-7-11-24-19(14)25-20(29)22(4,5)6/h7-11H,12-13H2,1-6H3,(H,24,25,29). The van der Waals surface area contributed by atoms with Crippen molar-refractivity contribution >= 4 is 38.7 Å². The number of nitrogens with zero attached hydrogens (tertiary/aromatic N) is 4. The molecule has 2 heterocycles. The number of aromatic nitrogens is 4. The van der Waals surface area contributed by atoms with E-state index in [0.29, 0.717) is 11.6 Å². The first-order valence-corrected chi connectivity index (χ1v) is 10.6. The maximum Gasteiger partial charge on any atom is 0.230 e. The molecule has 0 fully saturated rings. The SMILES string of the molecule is CC(C)(C)Cn1nnc2c(Br)c(OCc3cccnc3NC(=O)C(C)(C)C)ccc21. The molecule has 7 nitrogen and oxygen atoms in total. The summed E-state index contributed by atoms with van der Waals surface area (Å²) in [6, 6.07) is 7.57. The summed E-state index contributed by atoms with van der Waals surface area (Å²) in [5, 5.41) is 11.5. The fourth-order valence-corrected chi connectivity index (χ4v) is 3.31. The van der Waals surface area contributed by atoms with Crippen LogP contribution in [0, 0.1) is 10.8 Å². The fraction of sp³-hybridized carbons (Fsp3) is 0.455. The number of pyridine rings is 1. The van der Waals surface area contributed by atoms with Crippen LogP contribution >= 0.6 is 15.9 Å². The summed E-state index contributed by atoms with van der Waals surface area (Å²) in [5.74, 6) is 1.06. The first-order valence-electron chi connectivity index (χ1n) is 9.85. The molecular formula is C22H28BrN5O2. The highest BCUT2D eigenvalue weighted by atomic mass is 79.9. The second kappa shape index (κ2) is 8.34. The molecule has 160 valence electrons. The van der Waals surface area contributed by atoms with Crippen LogP contribution < -0.4 is 10.1 Å². The second-order valence-electron chi connectivity index (χ2n) is 9.56. The van der Waals surface area contributed by atoms with Gasteiger partial charge in [-0.25, -0.2) is 9.67 Å². The third kappa shape index (κ3) is 5.16. The summed E-state index contributed by atoms with van der Waals surface area (Å²) in [4.78, 5) is 16.7. The minimum atomic E-state index is -0.511. The topological polar surface area (TPSA) is 81.9 Å². The summed E-state index contributed by atoms with van der Waals surface area (Å²) in [7, 11) is 0. The predicted molar refractivity (Wildman–Crippen MR) is 121 cm³/mol. The van der Waals surface area contributed by atoms with Gasteiger partial charge in [-0.15, -0.1) is 5.10 Å². The number of carbonyl (C=O) groups is 1. The summed E-state index contributed by atoms with van der Waals surface area (Å²) in [5.41, 5.74) is 2.07. The number of nitrogens with one attached hydrogen (secondary N) is 1. The van der Waals surface area contributed by atoms with Crippen molar-refractivity contribution in [1.29, 1.82) is 0 Å². The average Bonchev–Trinajstić information content (AvgIpc) is 3.03. The van der Waals surface area contributed by atoms with Crippen LogP contribution in [0.5, 0.6) is 5.75 Å². The lowest BCUT2D eigenvalue weighted by atomic mass is 9.95. The molecule has 30 heavy (non-hydrogen) atoms. The average molecular weight is 474 g/mol.